The highest BCUT2D eigenvalue weighted by molar-refractivity contribution is 5.89. The normalized spacial score (nSPS) is 23.4. The minimum Gasteiger partial charge on any atom is -0.346 e. The Morgan fingerprint density at radius 1 is 0.786 bits per heavy atom. The number of hydrogen-bond acceptors (Lipinski definition) is 3. The molecule has 0 bridgehead atoms. The molecule has 2 heterocycles. The number of allylic oxidation sites excluding steroid dienone is 2. The lowest BCUT2D eigenvalue weighted by molar-refractivity contribution is -0.0440. The first kappa shape index (κ1) is 16.1. The number of rotatable bonds is 2. The highest BCUT2D eigenvalue weighted by Crippen LogP contribution is 2.47. The minimum atomic E-state index is -0.227. The van der Waals surface area contributed by atoms with Crippen molar-refractivity contribution in [1.29, 1.82) is 0 Å². The Hall–Kier alpha value is -2.88. The van der Waals surface area contributed by atoms with Gasteiger partial charge < -0.3 is 14.4 Å². The van der Waals surface area contributed by atoms with Crippen molar-refractivity contribution < 1.29 is 9.47 Å². The van der Waals surface area contributed by atoms with Gasteiger partial charge in [0.25, 0.3) is 0 Å². The van der Waals surface area contributed by atoms with Crippen molar-refractivity contribution in [2.45, 2.75) is 18.2 Å². The van der Waals surface area contributed by atoms with Crippen LogP contribution in [-0.2, 0) is 9.47 Å². The highest BCUT2D eigenvalue weighted by Gasteiger charge is 2.36. The van der Waals surface area contributed by atoms with E-state index in [1.54, 1.807) is 0 Å². The Labute approximate surface area is 164 Å². The van der Waals surface area contributed by atoms with Crippen molar-refractivity contribution in [2.75, 3.05) is 18.1 Å². The summed E-state index contributed by atoms with van der Waals surface area (Å²) in [6, 6.07) is 22.3. The molecule has 1 aliphatic carbocycles. The van der Waals surface area contributed by atoms with Crippen LogP contribution in [0.15, 0.2) is 85.0 Å². The van der Waals surface area contributed by atoms with Crippen LogP contribution in [0, 0.1) is 0 Å². The molecule has 3 nitrogen and oxygen atoms in total. The molecule has 2 aliphatic heterocycles. The fourth-order valence-corrected chi connectivity index (χ4v) is 4.69. The van der Waals surface area contributed by atoms with E-state index in [0.717, 1.165) is 5.56 Å². The molecule has 3 heteroatoms. The summed E-state index contributed by atoms with van der Waals surface area (Å²) >= 11 is 0. The fraction of sp³-hybridized carbons (Fsp3) is 0.200. The largest absolute Gasteiger partial charge is 0.346 e. The molecule has 0 radical (unpaired) electrons. The van der Waals surface area contributed by atoms with Crippen LogP contribution in [0.5, 0.6) is 0 Å². The molecule has 2 atom stereocenters. The van der Waals surface area contributed by atoms with Crippen molar-refractivity contribution >= 4 is 22.1 Å². The van der Waals surface area contributed by atoms with E-state index in [4.69, 9.17) is 9.47 Å². The minimum absolute atomic E-state index is 0.227. The van der Waals surface area contributed by atoms with Gasteiger partial charge >= 0.3 is 0 Å². The molecule has 0 aromatic heterocycles. The smallest absolute Gasteiger partial charge is 0.184 e. The molecule has 0 saturated carbocycles. The third-order valence-corrected chi connectivity index (χ3v) is 5.98. The Morgan fingerprint density at radius 3 is 2.50 bits per heavy atom. The Kier molecular flexibility index (Phi) is 3.64. The number of fused-ring (bicyclic) bond motifs is 4. The van der Waals surface area contributed by atoms with Gasteiger partial charge in [0.05, 0.1) is 19.3 Å². The maximum absolute atomic E-state index is 5.65. The van der Waals surface area contributed by atoms with E-state index >= 15 is 0 Å². The molecule has 1 fully saturated rings. The Balaban J connectivity index is 1.43. The van der Waals surface area contributed by atoms with Gasteiger partial charge in [0.2, 0.25) is 0 Å². The van der Waals surface area contributed by atoms with E-state index in [-0.39, 0.29) is 6.29 Å². The summed E-state index contributed by atoms with van der Waals surface area (Å²) < 4.78 is 11.3. The second kappa shape index (κ2) is 6.33. The van der Waals surface area contributed by atoms with E-state index in [2.05, 4.69) is 89.9 Å². The molecule has 0 spiro atoms. The molecular formula is C25H21NO2. The Bertz CT molecular complexity index is 1110. The summed E-state index contributed by atoms with van der Waals surface area (Å²) in [6.07, 6.45) is 8.73. The molecule has 0 N–H and O–H groups in total. The van der Waals surface area contributed by atoms with Gasteiger partial charge in [-0.2, -0.15) is 0 Å². The summed E-state index contributed by atoms with van der Waals surface area (Å²) in [6.45, 7) is 1.33. The number of para-hydroxylation sites is 1. The Morgan fingerprint density at radius 2 is 1.57 bits per heavy atom. The van der Waals surface area contributed by atoms with Crippen LogP contribution in [0.2, 0.25) is 0 Å². The zero-order valence-electron chi connectivity index (χ0n) is 15.5. The predicted molar refractivity (Wildman–Crippen MR) is 112 cm³/mol. The second-order valence-electron chi connectivity index (χ2n) is 7.58. The van der Waals surface area contributed by atoms with Crippen LogP contribution in [0.25, 0.3) is 10.8 Å². The first-order valence-corrected chi connectivity index (χ1v) is 9.88. The third-order valence-electron chi connectivity index (χ3n) is 5.98. The average molecular weight is 367 g/mol. The lowest BCUT2D eigenvalue weighted by Gasteiger charge is -2.29. The monoisotopic (exact) mass is 367 g/mol. The maximum Gasteiger partial charge on any atom is 0.184 e. The standard InChI is InChI=1S/C25H21NO2/c1-3-7-23-21(5-1)22-6-2-4-8-24(22)26(23)20-12-11-17-15-19(10-9-18(17)16-20)25-27-13-14-28-25/h1-12,15-16,21,23,25H,13-14H2. The van der Waals surface area contributed by atoms with Crippen molar-refractivity contribution in [3.05, 3.63) is 96.1 Å². The van der Waals surface area contributed by atoms with E-state index in [1.807, 2.05) is 0 Å². The second-order valence-corrected chi connectivity index (χ2v) is 7.58. The number of hydrogen-bond donors (Lipinski definition) is 0. The topological polar surface area (TPSA) is 21.7 Å². The molecule has 3 aromatic carbocycles. The molecule has 3 aliphatic rings. The number of ether oxygens (including phenoxy) is 2. The van der Waals surface area contributed by atoms with E-state index in [1.165, 1.54) is 27.7 Å². The number of nitrogens with zero attached hydrogens (tertiary/aromatic N) is 1. The molecule has 28 heavy (non-hydrogen) atoms. The highest BCUT2D eigenvalue weighted by atomic mass is 16.7. The zero-order valence-corrected chi connectivity index (χ0v) is 15.5. The van der Waals surface area contributed by atoms with Crippen LogP contribution in [0.4, 0.5) is 11.4 Å². The van der Waals surface area contributed by atoms with Crippen LogP contribution in [0.1, 0.15) is 23.3 Å². The zero-order chi connectivity index (χ0) is 18.5. The molecule has 1 saturated heterocycles. The summed E-state index contributed by atoms with van der Waals surface area (Å²) in [7, 11) is 0. The molecule has 138 valence electrons. The van der Waals surface area contributed by atoms with Gasteiger partial charge in [-0.3, -0.25) is 0 Å². The van der Waals surface area contributed by atoms with Crippen molar-refractivity contribution in [1.82, 2.24) is 0 Å². The van der Waals surface area contributed by atoms with Gasteiger partial charge in [-0.15, -0.1) is 0 Å². The van der Waals surface area contributed by atoms with Gasteiger partial charge in [-0.05, 0) is 40.6 Å². The summed E-state index contributed by atoms with van der Waals surface area (Å²) in [4.78, 5) is 2.47. The maximum atomic E-state index is 5.65. The van der Waals surface area contributed by atoms with Crippen LogP contribution in [0.3, 0.4) is 0 Å². The summed E-state index contributed by atoms with van der Waals surface area (Å²) in [5.41, 5.74) is 5.02. The van der Waals surface area contributed by atoms with Crippen LogP contribution in [-0.4, -0.2) is 19.3 Å². The summed E-state index contributed by atoms with van der Waals surface area (Å²) in [5.74, 6) is 0.413. The number of benzene rings is 3. The first-order valence-electron chi connectivity index (χ1n) is 9.88. The SMILES string of the molecule is C1=CC2c3ccccc3N(c3ccc4cc(C5OCCO5)ccc4c3)C2C=C1. The number of anilines is 2. The van der Waals surface area contributed by atoms with Crippen LogP contribution < -0.4 is 4.90 Å². The molecular weight excluding hydrogens is 346 g/mol. The van der Waals surface area contributed by atoms with Gasteiger partial charge in [-0.25, -0.2) is 0 Å². The van der Waals surface area contributed by atoms with Gasteiger partial charge in [-0.1, -0.05) is 60.7 Å². The molecule has 3 aromatic rings. The fourth-order valence-electron chi connectivity index (χ4n) is 4.69. The van der Waals surface area contributed by atoms with Crippen LogP contribution >= 0.6 is 0 Å². The average Bonchev–Trinajstić information content (AvgIpc) is 3.40. The third kappa shape index (κ3) is 2.44. The molecule has 2 unspecified atom stereocenters. The lowest BCUT2D eigenvalue weighted by atomic mass is 9.91. The molecule has 0 amide bonds. The van der Waals surface area contributed by atoms with E-state index in [9.17, 15) is 0 Å². The van der Waals surface area contributed by atoms with E-state index in [0.29, 0.717) is 25.2 Å². The van der Waals surface area contributed by atoms with Gasteiger partial charge in [0.1, 0.15) is 0 Å². The van der Waals surface area contributed by atoms with Crippen molar-refractivity contribution in [2.24, 2.45) is 0 Å². The summed E-state index contributed by atoms with van der Waals surface area (Å²) in [5, 5.41) is 2.44. The van der Waals surface area contributed by atoms with Crippen molar-refractivity contribution in [3.8, 4) is 0 Å². The van der Waals surface area contributed by atoms with Gasteiger partial charge in [0, 0.05) is 22.9 Å². The molecule has 6 rings (SSSR count). The lowest BCUT2D eigenvalue weighted by Crippen LogP contribution is -2.28. The van der Waals surface area contributed by atoms with Crippen molar-refractivity contribution in [3.63, 3.8) is 0 Å². The van der Waals surface area contributed by atoms with E-state index < -0.39 is 0 Å². The predicted octanol–water partition coefficient (Wildman–Crippen LogP) is 5.62. The van der Waals surface area contributed by atoms with Gasteiger partial charge in [0.15, 0.2) is 6.29 Å². The quantitative estimate of drug-likeness (QED) is 0.587. The first-order chi connectivity index (χ1) is 13.9.